The first-order chi connectivity index (χ1) is 18.4. The first-order valence-corrected chi connectivity index (χ1v) is 13.0. The number of nitrogens with zero attached hydrogens (tertiary/aromatic N) is 1. The fraction of sp³-hybridized carbons (Fsp3) is 0.281. The average Bonchev–Trinajstić information content (AvgIpc) is 3.68. The number of aryl methyl sites for hydroxylation is 1. The van der Waals surface area contributed by atoms with E-state index in [0.717, 1.165) is 40.7 Å². The van der Waals surface area contributed by atoms with Crippen LogP contribution in [0.4, 0.5) is 0 Å². The maximum absolute atomic E-state index is 12.9. The number of hydrogen-bond donors (Lipinski definition) is 0. The van der Waals surface area contributed by atoms with Gasteiger partial charge >= 0.3 is 5.97 Å². The standard InChI is InChI=1S/C32H31NO5/c1-4-36-31(35)32(18-19-32)26-16-14-24(15-17-26)23-10-12-25(13-11-23)30-28(21(2)33-38-30)20-29(34)22(3)37-27-8-6-5-7-9-27/h5-17,22H,4,18-20H2,1-3H3. The number of Topliss-reactive ketones (excluding diaryl/α,β-unsaturated/α-hetero) is 1. The number of hydrogen-bond acceptors (Lipinski definition) is 6. The van der Waals surface area contributed by atoms with Crippen molar-refractivity contribution < 1.29 is 23.6 Å². The van der Waals surface area contributed by atoms with Crippen molar-refractivity contribution in [2.45, 2.75) is 51.6 Å². The Kier molecular flexibility index (Phi) is 7.14. The first kappa shape index (κ1) is 25.5. The van der Waals surface area contributed by atoms with Crippen LogP contribution in [0.15, 0.2) is 83.4 Å². The van der Waals surface area contributed by atoms with Gasteiger partial charge in [0.1, 0.15) is 5.75 Å². The lowest BCUT2D eigenvalue weighted by Gasteiger charge is -2.15. The molecule has 0 spiro atoms. The third-order valence-electron chi connectivity index (χ3n) is 7.18. The van der Waals surface area contributed by atoms with Gasteiger partial charge in [0, 0.05) is 17.5 Å². The summed E-state index contributed by atoms with van der Waals surface area (Å²) in [4.78, 5) is 25.4. The van der Waals surface area contributed by atoms with Crippen LogP contribution in [-0.2, 0) is 26.2 Å². The highest BCUT2D eigenvalue weighted by molar-refractivity contribution is 5.88. The van der Waals surface area contributed by atoms with Crippen LogP contribution in [-0.4, -0.2) is 29.6 Å². The number of rotatable bonds is 10. The van der Waals surface area contributed by atoms with Gasteiger partial charge in [-0.2, -0.15) is 0 Å². The second-order valence-electron chi connectivity index (χ2n) is 9.75. The highest BCUT2D eigenvalue weighted by atomic mass is 16.5. The van der Waals surface area contributed by atoms with Crippen LogP contribution in [0.25, 0.3) is 22.5 Å². The fourth-order valence-corrected chi connectivity index (χ4v) is 4.71. The highest BCUT2D eigenvalue weighted by Gasteiger charge is 2.52. The molecule has 0 N–H and O–H groups in total. The summed E-state index contributed by atoms with van der Waals surface area (Å²) in [6.45, 7) is 5.83. The van der Waals surface area contributed by atoms with Crippen molar-refractivity contribution in [3.8, 4) is 28.2 Å². The monoisotopic (exact) mass is 509 g/mol. The minimum absolute atomic E-state index is 0.0469. The fourth-order valence-electron chi connectivity index (χ4n) is 4.71. The van der Waals surface area contributed by atoms with Crippen molar-refractivity contribution in [2.24, 2.45) is 0 Å². The average molecular weight is 510 g/mol. The van der Waals surface area contributed by atoms with Gasteiger partial charge in [-0.3, -0.25) is 9.59 Å². The normalized spacial score (nSPS) is 14.5. The molecule has 1 heterocycles. The first-order valence-electron chi connectivity index (χ1n) is 13.0. The number of benzene rings is 3. The minimum atomic E-state index is -0.594. The second-order valence-corrected chi connectivity index (χ2v) is 9.75. The van der Waals surface area contributed by atoms with E-state index in [4.69, 9.17) is 14.0 Å². The third kappa shape index (κ3) is 5.12. The summed E-state index contributed by atoms with van der Waals surface area (Å²) >= 11 is 0. The Morgan fingerprint density at radius 2 is 1.53 bits per heavy atom. The minimum Gasteiger partial charge on any atom is -0.483 e. The predicted octanol–water partition coefficient (Wildman–Crippen LogP) is 6.49. The third-order valence-corrected chi connectivity index (χ3v) is 7.18. The van der Waals surface area contributed by atoms with Crippen LogP contribution in [0.3, 0.4) is 0 Å². The zero-order chi connectivity index (χ0) is 26.7. The van der Waals surface area contributed by atoms with E-state index in [-0.39, 0.29) is 18.2 Å². The maximum Gasteiger partial charge on any atom is 0.316 e. The van der Waals surface area contributed by atoms with Crippen LogP contribution in [0.5, 0.6) is 5.75 Å². The molecule has 0 amide bonds. The number of ether oxygens (including phenoxy) is 2. The van der Waals surface area contributed by atoms with Crippen molar-refractivity contribution in [1.29, 1.82) is 0 Å². The van der Waals surface area contributed by atoms with Crippen molar-refractivity contribution in [3.63, 3.8) is 0 Å². The molecule has 1 aliphatic carbocycles. The van der Waals surface area contributed by atoms with E-state index in [1.165, 1.54) is 0 Å². The molecule has 6 nitrogen and oxygen atoms in total. The van der Waals surface area contributed by atoms with Gasteiger partial charge < -0.3 is 14.0 Å². The number of carbonyl (C=O) groups is 2. The van der Waals surface area contributed by atoms with E-state index in [2.05, 4.69) is 5.16 Å². The van der Waals surface area contributed by atoms with Gasteiger partial charge in [0.25, 0.3) is 0 Å². The van der Waals surface area contributed by atoms with Crippen LogP contribution in [0.2, 0.25) is 0 Å². The summed E-state index contributed by atoms with van der Waals surface area (Å²) in [5.74, 6) is 1.08. The van der Waals surface area contributed by atoms with E-state index in [1.807, 2.05) is 92.7 Å². The predicted molar refractivity (Wildman–Crippen MR) is 145 cm³/mol. The zero-order valence-electron chi connectivity index (χ0n) is 21.9. The second kappa shape index (κ2) is 10.7. The van der Waals surface area contributed by atoms with Crippen molar-refractivity contribution in [3.05, 3.63) is 95.7 Å². The number of esters is 1. The van der Waals surface area contributed by atoms with Gasteiger partial charge in [-0.05, 0) is 62.4 Å². The Balaban J connectivity index is 1.29. The quantitative estimate of drug-likeness (QED) is 0.227. The molecular formula is C32H31NO5. The molecule has 0 saturated heterocycles. The molecule has 1 unspecified atom stereocenters. The van der Waals surface area contributed by atoms with E-state index in [1.54, 1.807) is 6.92 Å². The Hall–Kier alpha value is -4.19. The SMILES string of the molecule is CCOC(=O)C1(c2ccc(-c3ccc(-c4onc(C)c4CC(=O)C(C)Oc4ccccc4)cc3)cc2)CC1. The molecule has 1 saturated carbocycles. The summed E-state index contributed by atoms with van der Waals surface area (Å²) < 4.78 is 16.7. The molecule has 3 aromatic carbocycles. The number of para-hydroxylation sites is 1. The van der Waals surface area contributed by atoms with Gasteiger partial charge in [0.05, 0.1) is 17.7 Å². The molecule has 6 heteroatoms. The molecule has 0 bridgehead atoms. The van der Waals surface area contributed by atoms with Gasteiger partial charge in [0.2, 0.25) is 0 Å². The van der Waals surface area contributed by atoms with E-state index >= 15 is 0 Å². The summed E-state index contributed by atoms with van der Waals surface area (Å²) in [7, 11) is 0. The Bertz CT molecular complexity index is 1420. The summed E-state index contributed by atoms with van der Waals surface area (Å²) in [6.07, 6.45) is 1.24. The highest BCUT2D eigenvalue weighted by Crippen LogP contribution is 2.49. The number of carbonyl (C=O) groups excluding carboxylic acids is 2. The molecule has 194 valence electrons. The van der Waals surface area contributed by atoms with Crippen LogP contribution >= 0.6 is 0 Å². The van der Waals surface area contributed by atoms with Crippen molar-refractivity contribution >= 4 is 11.8 Å². The topological polar surface area (TPSA) is 78.6 Å². The van der Waals surface area contributed by atoms with Crippen molar-refractivity contribution in [2.75, 3.05) is 6.61 Å². The molecule has 0 radical (unpaired) electrons. The Morgan fingerprint density at radius 1 is 0.921 bits per heavy atom. The van der Waals surface area contributed by atoms with Gasteiger partial charge in [-0.25, -0.2) is 0 Å². The number of ketones is 1. The maximum atomic E-state index is 12.9. The largest absolute Gasteiger partial charge is 0.483 e. The lowest BCUT2D eigenvalue weighted by atomic mass is 9.93. The summed E-state index contributed by atoms with van der Waals surface area (Å²) in [5.41, 5.74) is 4.94. The molecule has 1 aromatic heterocycles. The molecular weight excluding hydrogens is 478 g/mol. The smallest absolute Gasteiger partial charge is 0.316 e. The zero-order valence-corrected chi connectivity index (χ0v) is 21.9. The molecule has 1 fully saturated rings. The molecule has 38 heavy (non-hydrogen) atoms. The van der Waals surface area contributed by atoms with Crippen LogP contribution in [0.1, 0.15) is 43.5 Å². The molecule has 4 aromatic rings. The lowest BCUT2D eigenvalue weighted by molar-refractivity contribution is -0.146. The molecule has 0 aliphatic heterocycles. The summed E-state index contributed by atoms with van der Waals surface area (Å²) in [6, 6.07) is 25.4. The molecule has 5 rings (SSSR count). The van der Waals surface area contributed by atoms with Crippen molar-refractivity contribution in [1.82, 2.24) is 5.16 Å². The molecule has 1 atom stereocenters. The Labute approximate surface area is 222 Å². The van der Waals surface area contributed by atoms with E-state index < -0.39 is 11.5 Å². The molecule has 1 aliphatic rings. The lowest BCUT2D eigenvalue weighted by Crippen LogP contribution is -2.25. The number of aromatic nitrogens is 1. The van der Waals surface area contributed by atoms with Crippen LogP contribution < -0.4 is 4.74 Å². The van der Waals surface area contributed by atoms with Gasteiger partial charge in [-0.15, -0.1) is 0 Å². The Morgan fingerprint density at radius 3 is 2.13 bits per heavy atom. The van der Waals surface area contributed by atoms with Gasteiger partial charge in [-0.1, -0.05) is 71.9 Å². The van der Waals surface area contributed by atoms with Crippen LogP contribution in [0, 0.1) is 6.92 Å². The summed E-state index contributed by atoms with van der Waals surface area (Å²) in [5, 5.41) is 4.13. The van der Waals surface area contributed by atoms with E-state index in [9.17, 15) is 9.59 Å². The van der Waals surface area contributed by atoms with Gasteiger partial charge in [0.15, 0.2) is 17.6 Å². The van der Waals surface area contributed by atoms with E-state index in [0.29, 0.717) is 23.8 Å².